The van der Waals surface area contributed by atoms with Gasteiger partial charge in [0.2, 0.25) is 0 Å². The maximum absolute atomic E-state index is 11.9. The summed E-state index contributed by atoms with van der Waals surface area (Å²) in [6.45, 7) is 5.78. The Morgan fingerprint density at radius 1 is 0.316 bits per heavy atom. The predicted octanol–water partition coefficient (Wildman–Crippen LogP) is 10.2. The Hall–Kier alpha value is -1.06. The van der Waals surface area contributed by atoms with E-state index in [9.17, 15) is 9.59 Å². The Morgan fingerprint density at radius 2 is 0.500 bits per heavy atom. The second-order valence-electron chi connectivity index (χ2n) is 11.7. The summed E-state index contributed by atoms with van der Waals surface area (Å²) in [6, 6.07) is 0. The first kappa shape index (κ1) is 36.9. The monoisotopic (exact) mass is 537 g/mol. The molecule has 0 aromatic carbocycles. The number of amides is 2. The lowest BCUT2D eigenvalue weighted by Gasteiger charge is -2.07. The van der Waals surface area contributed by atoms with Crippen LogP contribution in [0.3, 0.4) is 0 Å². The number of hydrogen-bond acceptors (Lipinski definition) is 2. The Balaban J connectivity index is 3.28. The molecule has 0 fully saturated rings. The van der Waals surface area contributed by atoms with Gasteiger partial charge in [-0.2, -0.15) is 0 Å². The van der Waals surface area contributed by atoms with Crippen molar-refractivity contribution in [2.75, 3.05) is 13.1 Å². The summed E-state index contributed by atoms with van der Waals surface area (Å²) < 4.78 is 0. The average molecular weight is 537 g/mol. The van der Waals surface area contributed by atoms with E-state index in [1.165, 1.54) is 154 Å². The van der Waals surface area contributed by atoms with Gasteiger partial charge in [-0.1, -0.05) is 181 Å². The van der Waals surface area contributed by atoms with Crippen LogP contribution in [0.1, 0.15) is 194 Å². The number of unbranched alkanes of at least 4 members (excludes halogenated alkanes) is 26. The summed E-state index contributed by atoms with van der Waals surface area (Å²) in [5.41, 5.74) is 0. The molecule has 4 heteroatoms. The van der Waals surface area contributed by atoms with E-state index in [0.29, 0.717) is 13.1 Å². The van der Waals surface area contributed by atoms with Crippen LogP contribution in [0.15, 0.2) is 0 Å². The lowest BCUT2D eigenvalue weighted by molar-refractivity contribution is -0.139. The zero-order valence-electron chi connectivity index (χ0n) is 26.0. The van der Waals surface area contributed by atoms with Crippen LogP contribution in [-0.2, 0) is 9.59 Å². The lowest BCUT2D eigenvalue weighted by atomic mass is 10.0. The van der Waals surface area contributed by atoms with Crippen molar-refractivity contribution in [3.05, 3.63) is 0 Å². The first-order valence-corrected chi connectivity index (χ1v) is 17.3. The molecular weight excluding hydrogens is 468 g/mol. The first-order valence-electron chi connectivity index (χ1n) is 17.3. The summed E-state index contributed by atoms with van der Waals surface area (Å²) in [6.07, 6.45) is 37.1. The third kappa shape index (κ3) is 29.5. The maximum atomic E-state index is 11.9. The van der Waals surface area contributed by atoms with Gasteiger partial charge in [-0.3, -0.25) is 9.59 Å². The van der Waals surface area contributed by atoms with Crippen LogP contribution < -0.4 is 10.6 Å². The minimum absolute atomic E-state index is 0.468. The van der Waals surface area contributed by atoms with Crippen LogP contribution in [0.25, 0.3) is 0 Å². The topological polar surface area (TPSA) is 58.2 Å². The quantitative estimate of drug-likeness (QED) is 0.0708. The molecule has 0 atom stereocenters. The van der Waals surface area contributed by atoms with Crippen molar-refractivity contribution in [1.29, 1.82) is 0 Å². The molecule has 226 valence electrons. The fraction of sp³-hybridized carbons (Fsp3) is 0.941. The van der Waals surface area contributed by atoms with Gasteiger partial charge in [0.25, 0.3) is 0 Å². The SMILES string of the molecule is CCCCCCCCCCCCCCCCNC(=O)C(=O)NCCCCCCCCCCCCCCCC. The molecule has 38 heavy (non-hydrogen) atoms. The number of carbonyl (C=O) groups excluding carboxylic acids is 2. The van der Waals surface area contributed by atoms with Crippen molar-refractivity contribution in [3.63, 3.8) is 0 Å². The van der Waals surface area contributed by atoms with Gasteiger partial charge in [-0.25, -0.2) is 0 Å². The molecule has 0 spiro atoms. The molecule has 0 radical (unpaired) electrons. The molecule has 4 nitrogen and oxygen atoms in total. The van der Waals surface area contributed by atoms with E-state index < -0.39 is 11.8 Å². The van der Waals surface area contributed by atoms with Crippen molar-refractivity contribution < 1.29 is 9.59 Å². The van der Waals surface area contributed by atoms with Gasteiger partial charge in [0.15, 0.2) is 0 Å². The molecule has 0 aliphatic rings. The molecule has 0 aliphatic heterocycles. The largest absolute Gasteiger partial charge is 0.348 e. The highest BCUT2D eigenvalue weighted by Crippen LogP contribution is 2.14. The molecule has 0 saturated heterocycles. The fourth-order valence-electron chi connectivity index (χ4n) is 5.20. The van der Waals surface area contributed by atoms with E-state index in [-0.39, 0.29) is 0 Å². The molecule has 0 aromatic rings. The van der Waals surface area contributed by atoms with Gasteiger partial charge in [-0.15, -0.1) is 0 Å². The van der Waals surface area contributed by atoms with Crippen molar-refractivity contribution >= 4 is 11.8 Å². The number of hydrogen-bond donors (Lipinski definition) is 2. The number of carbonyl (C=O) groups is 2. The second-order valence-corrected chi connectivity index (χ2v) is 11.7. The molecule has 0 bridgehead atoms. The van der Waals surface area contributed by atoms with Gasteiger partial charge in [0.1, 0.15) is 0 Å². The van der Waals surface area contributed by atoms with Crippen molar-refractivity contribution in [3.8, 4) is 0 Å². The molecule has 2 amide bonds. The van der Waals surface area contributed by atoms with Crippen molar-refractivity contribution in [1.82, 2.24) is 10.6 Å². The van der Waals surface area contributed by atoms with Crippen LogP contribution in [0, 0.1) is 0 Å². The van der Waals surface area contributed by atoms with E-state index in [4.69, 9.17) is 0 Å². The molecular formula is C34H68N2O2. The third-order valence-corrected chi connectivity index (χ3v) is 7.84. The lowest BCUT2D eigenvalue weighted by Crippen LogP contribution is -2.40. The van der Waals surface area contributed by atoms with E-state index in [1.54, 1.807) is 0 Å². The normalized spacial score (nSPS) is 11.1. The van der Waals surface area contributed by atoms with E-state index in [0.717, 1.165) is 25.7 Å². The summed E-state index contributed by atoms with van der Waals surface area (Å²) >= 11 is 0. The van der Waals surface area contributed by atoms with Gasteiger partial charge >= 0.3 is 11.8 Å². The Bertz CT molecular complexity index is 451. The van der Waals surface area contributed by atoms with Gasteiger partial charge in [0.05, 0.1) is 0 Å². The summed E-state index contributed by atoms with van der Waals surface area (Å²) in [5, 5.41) is 5.55. The van der Waals surface area contributed by atoms with Crippen molar-refractivity contribution in [2.24, 2.45) is 0 Å². The maximum Gasteiger partial charge on any atom is 0.309 e. The molecule has 0 aliphatic carbocycles. The Labute approximate surface area is 238 Å². The molecule has 0 saturated carbocycles. The summed E-state index contributed by atoms with van der Waals surface area (Å²) in [4.78, 5) is 23.9. The number of rotatable bonds is 30. The molecule has 0 rings (SSSR count). The second kappa shape index (κ2) is 32.2. The molecule has 0 heterocycles. The van der Waals surface area contributed by atoms with Crippen molar-refractivity contribution in [2.45, 2.75) is 194 Å². The number of nitrogens with one attached hydrogen (secondary N) is 2. The zero-order chi connectivity index (χ0) is 27.8. The van der Waals surface area contributed by atoms with Crippen LogP contribution in [0.5, 0.6) is 0 Å². The summed E-state index contributed by atoms with van der Waals surface area (Å²) in [5.74, 6) is -0.935. The fourth-order valence-corrected chi connectivity index (χ4v) is 5.20. The van der Waals surface area contributed by atoms with Crippen LogP contribution >= 0.6 is 0 Å². The molecule has 0 aromatic heterocycles. The smallest absolute Gasteiger partial charge is 0.309 e. The Kier molecular flexibility index (Phi) is 31.3. The highest BCUT2D eigenvalue weighted by Gasteiger charge is 2.11. The van der Waals surface area contributed by atoms with Gasteiger partial charge in [0, 0.05) is 13.1 Å². The zero-order valence-corrected chi connectivity index (χ0v) is 26.0. The standard InChI is InChI=1S/C34H68N2O2/c1-3-5-7-9-11-13-15-17-19-21-23-25-27-29-31-35-33(37)34(38)36-32-30-28-26-24-22-20-18-16-14-12-10-8-6-4-2/h3-32H2,1-2H3,(H,35,37)(H,36,38). The summed E-state index contributed by atoms with van der Waals surface area (Å²) in [7, 11) is 0. The van der Waals surface area contributed by atoms with E-state index in [2.05, 4.69) is 24.5 Å². The molecule has 0 unspecified atom stereocenters. The first-order chi connectivity index (χ1) is 18.7. The predicted molar refractivity (Wildman–Crippen MR) is 167 cm³/mol. The minimum Gasteiger partial charge on any atom is -0.348 e. The van der Waals surface area contributed by atoms with Crippen LogP contribution in [0.2, 0.25) is 0 Å². The van der Waals surface area contributed by atoms with Gasteiger partial charge in [-0.05, 0) is 12.8 Å². The third-order valence-electron chi connectivity index (χ3n) is 7.84. The molecule has 2 N–H and O–H groups in total. The van der Waals surface area contributed by atoms with Crippen LogP contribution in [-0.4, -0.2) is 24.9 Å². The van der Waals surface area contributed by atoms with E-state index in [1.807, 2.05) is 0 Å². The highest BCUT2D eigenvalue weighted by molar-refractivity contribution is 6.35. The Morgan fingerprint density at radius 3 is 0.711 bits per heavy atom. The van der Waals surface area contributed by atoms with Crippen LogP contribution in [0.4, 0.5) is 0 Å². The van der Waals surface area contributed by atoms with E-state index >= 15 is 0 Å². The van der Waals surface area contributed by atoms with Gasteiger partial charge < -0.3 is 10.6 Å². The average Bonchev–Trinajstić information content (AvgIpc) is 2.92. The minimum atomic E-state index is -0.468. The highest BCUT2D eigenvalue weighted by atomic mass is 16.2.